The maximum absolute atomic E-state index is 12.1. The predicted molar refractivity (Wildman–Crippen MR) is 90.5 cm³/mol. The molecule has 5 nitrogen and oxygen atoms in total. The molecule has 2 aromatic carbocycles. The number of urea groups is 1. The number of nitrogens with zero attached hydrogens (tertiary/aromatic N) is 1. The van der Waals surface area contributed by atoms with Crippen molar-refractivity contribution in [2.75, 3.05) is 16.8 Å². The number of carbonyl (C=O) groups is 2. The lowest BCUT2D eigenvalue weighted by atomic mass is 10.2. The van der Waals surface area contributed by atoms with Gasteiger partial charge in [-0.15, -0.1) is 0 Å². The highest BCUT2D eigenvalue weighted by atomic mass is 16.2. The van der Waals surface area contributed by atoms with E-state index in [4.69, 9.17) is 0 Å². The number of anilines is 2. The van der Waals surface area contributed by atoms with Crippen LogP contribution in [0.25, 0.3) is 0 Å². The fraction of sp³-hybridized carbons (Fsp3) is 0.222. The molecule has 3 amide bonds. The van der Waals surface area contributed by atoms with E-state index in [-0.39, 0.29) is 18.0 Å². The number of para-hydroxylation sites is 1. The Morgan fingerprint density at radius 1 is 1.13 bits per heavy atom. The lowest BCUT2D eigenvalue weighted by Crippen LogP contribution is -2.39. The van der Waals surface area contributed by atoms with Gasteiger partial charge >= 0.3 is 6.03 Å². The van der Waals surface area contributed by atoms with Crippen LogP contribution in [0.4, 0.5) is 16.2 Å². The highest BCUT2D eigenvalue weighted by molar-refractivity contribution is 5.97. The Bertz CT molecular complexity index is 715. The van der Waals surface area contributed by atoms with Crippen molar-refractivity contribution in [2.24, 2.45) is 0 Å². The number of nitrogens with one attached hydrogen (secondary N) is 2. The molecule has 1 aliphatic heterocycles. The summed E-state index contributed by atoms with van der Waals surface area (Å²) in [6.07, 6.45) is 0.316. The zero-order chi connectivity index (χ0) is 16.2. The molecule has 2 aromatic rings. The first kappa shape index (κ1) is 15.1. The molecule has 1 heterocycles. The van der Waals surface area contributed by atoms with Gasteiger partial charge in [-0.05, 0) is 36.8 Å². The van der Waals surface area contributed by atoms with Gasteiger partial charge in [-0.2, -0.15) is 0 Å². The fourth-order valence-electron chi connectivity index (χ4n) is 2.74. The second-order valence-electron chi connectivity index (χ2n) is 5.71. The van der Waals surface area contributed by atoms with Crippen LogP contribution >= 0.6 is 0 Å². The smallest absolute Gasteiger partial charge is 0.319 e. The predicted octanol–water partition coefficient (Wildman–Crippen LogP) is 2.92. The number of amides is 3. The van der Waals surface area contributed by atoms with Crippen LogP contribution in [0.3, 0.4) is 0 Å². The van der Waals surface area contributed by atoms with Gasteiger partial charge in [0, 0.05) is 24.3 Å². The Morgan fingerprint density at radius 2 is 1.91 bits per heavy atom. The van der Waals surface area contributed by atoms with Crippen molar-refractivity contribution in [3.05, 3.63) is 60.2 Å². The van der Waals surface area contributed by atoms with Gasteiger partial charge in [0.1, 0.15) is 0 Å². The molecule has 0 spiro atoms. The first-order chi connectivity index (χ1) is 11.1. The normalized spacial score (nSPS) is 17.2. The van der Waals surface area contributed by atoms with E-state index in [0.717, 1.165) is 16.9 Å². The van der Waals surface area contributed by atoms with Crippen molar-refractivity contribution in [1.82, 2.24) is 5.32 Å². The molecule has 1 saturated heterocycles. The minimum atomic E-state index is -0.289. The summed E-state index contributed by atoms with van der Waals surface area (Å²) >= 11 is 0. The van der Waals surface area contributed by atoms with Gasteiger partial charge in [0.15, 0.2) is 0 Å². The second kappa shape index (κ2) is 6.52. The minimum absolute atomic E-state index is 0.0251. The zero-order valence-corrected chi connectivity index (χ0v) is 13.0. The van der Waals surface area contributed by atoms with Gasteiger partial charge in [0.2, 0.25) is 5.91 Å². The van der Waals surface area contributed by atoms with E-state index in [2.05, 4.69) is 10.6 Å². The molecule has 2 N–H and O–H groups in total. The third-order valence-corrected chi connectivity index (χ3v) is 3.80. The van der Waals surface area contributed by atoms with Crippen LogP contribution in [0.5, 0.6) is 0 Å². The van der Waals surface area contributed by atoms with E-state index in [1.165, 1.54) is 0 Å². The van der Waals surface area contributed by atoms with E-state index < -0.39 is 0 Å². The van der Waals surface area contributed by atoms with Crippen LogP contribution in [0.1, 0.15) is 12.0 Å². The second-order valence-corrected chi connectivity index (χ2v) is 5.71. The molecule has 3 rings (SSSR count). The topological polar surface area (TPSA) is 61.4 Å². The molecule has 118 valence electrons. The number of hydrogen-bond acceptors (Lipinski definition) is 2. The molecule has 0 radical (unpaired) electrons. The van der Waals surface area contributed by atoms with Gasteiger partial charge < -0.3 is 15.5 Å². The fourth-order valence-corrected chi connectivity index (χ4v) is 2.74. The molecule has 1 aliphatic rings. The van der Waals surface area contributed by atoms with Crippen LogP contribution in [-0.2, 0) is 4.79 Å². The summed E-state index contributed by atoms with van der Waals surface area (Å²) in [5.41, 5.74) is 2.68. The van der Waals surface area contributed by atoms with E-state index >= 15 is 0 Å². The van der Waals surface area contributed by atoms with Crippen molar-refractivity contribution >= 4 is 23.3 Å². The van der Waals surface area contributed by atoms with Gasteiger partial charge in [0.25, 0.3) is 0 Å². The van der Waals surface area contributed by atoms with E-state index in [1.54, 1.807) is 4.90 Å². The maximum atomic E-state index is 12.1. The molecule has 0 bridgehead atoms. The van der Waals surface area contributed by atoms with Gasteiger partial charge in [0.05, 0.1) is 6.04 Å². The SMILES string of the molecule is Cc1cccc(NC(=O)N[C@H]2CC(=O)N(c3ccccc3)C2)c1. The monoisotopic (exact) mass is 309 g/mol. The first-order valence-corrected chi connectivity index (χ1v) is 7.61. The van der Waals surface area contributed by atoms with Crippen LogP contribution in [-0.4, -0.2) is 24.5 Å². The molecule has 0 aromatic heterocycles. The number of benzene rings is 2. The van der Waals surface area contributed by atoms with Gasteiger partial charge in [-0.25, -0.2) is 4.79 Å². The zero-order valence-electron chi connectivity index (χ0n) is 13.0. The molecular formula is C18H19N3O2. The molecular weight excluding hydrogens is 290 g/mol. The minimum Gasteiger partial charge on any atom is -0.333 e. The quantitative estimate of drug-likeness (QED) is 0.916. The molecule has 0 unspecified atom stereocenters. The standard InChI is InChI=1S/C18H19N3O2/c1-13-6-5-7-14(10-13)19-18(23)20-15-11-17(22)21(12-15)16-8-3-2-4-9-16/h2-10,15H,11-12H2,1H3,(H2,19,20,23)/t15-/m0/s1. The van der Waals surface area contributed by atoms with Crippen LogP contribution in [0.15, 0.2) is 54.6 Å². The number of rotatable bonds is 3. The van der Waals surface area contributed by atoms with Crippen molar-refractivity contribution in [3.8, 4) is 0 Å². The van der Waals surface area contributed by atoms with E-state index in [0.29, 0.717) is 13.0 Å². The van der Waals surface area contributed by atoms with E-state index in [9.17, 15) is 9.59 Å². The lowest BCUT2D eigenvalue weighted by Gasteiger charge is -2.17. The van der Waals surface area contributed by atoms with Crippen LogP contribution in [0.2, 0.25) is 0 Å². The average molecular weight is 309 g/mol. The molecule has 0 saturated carbocycles. The number of aryl methyl sites for hydroxylation is 1. The Kier molecular flexibility index (Phi) is 4.28. The summed E-state index contributed by atoms with van der Waals surface area (Å²) in [4.78, 5) is 25.9. The molecule has 23 heavy (non-hydrogen) atoms. The molecule has 1 fully saturated rings. The Hall–Kier alpha value is -2.82. The van der Waals surface area contributed by atoms with Crippen LogP contribution in [0, 0.1) is 6.92 Å². The van der Waals surface area contributed by atoms with E-state index in [1.807, 2.05) is 61.5 Å². The Balaban J connectivity index is 1.59. The average Bonchev–Trinajstić information content (AvgIpc) is 2.88. The van der Waals surface area contributed by atoms with Crippen molar-refractivity contribution in [2.45, 2.75) is 19.4 Å². The van der Waals surface area contributed by atoms with Gasteiger partial charge in [-0.3, -0.25) is 4.79 Å². The summed E-state index contributed by atoms with van der Waals surface area (Å²) in [5.74, 6) is 0.0251. The summed E-state index contributed by atoms with van der Waals surface area (Å²) < 4.78 is 0. The number of hydrogen-bond donors (Lipinski definition) is 2. The van der Waals surface area contributed by atoms with Crippen LogP contribution < -0.4 is 15.5 Å². The van der Waals surface area contributed by atoms with Crippen molar-refractivity contribution < 1.29 is 9.59 Å². The third kappa shape index (κ3) is 3.69. The lowest BCUT2D eigenvalue weighted by molar-refractivity contribution is -0.117. The molecule has 1 atom stereocenters. The molecule has 0 aliphatic carbocycles. The third-order valence-electron chi connectivity index (χ3n) is 3.80. The largest absolute Gasteiger partial charge is 0.333 e. The summed E-state index contributed by atoms with van der Waals surface area (Å²) in [6, 6.07) is 16.6. The Morgan fingerprint density at radius 3 is 2.65 bits per heavy atom. The molecule has 5 heteroatoms. The first-order valence-electron chi connectivity index (χ1n) is 7.61. The Labute approximate surface area is 135 Å². The highest BCUT2D eigenvalue weighted by Gasteiger charge is 2.31. The van der Waals surface area contributed by atoms with Crippen molar-refractivity contribution in [1.29, 1.82) is 0 Å². The summed E-state index contributed by atoms with van der Waals surface area (Å²) in [5, 5.41) is 5.66. The summed E-state index contributed by atoms with van der Waals surface area (Å²) in [6.45, 7) is 2.46. The van der Waals surface area contributed by atoms with Gasteiger partial charge in [-0.1, -0.05) is 30.3 Å². The highest BCUT2D eigenvalue weighted by Crippen LogP contribution is 2.21. The summed E-state index contributed by atoms with van der Waals surface area (Å²) in [7, 11) is 0. The number of carbonyl (C=O) groups excluding carboxylic acids is 2. The maximum Gasteiger partial charge on any atom is 0.319 e. The van der Waals surface area contributed by atoms with Crippen molar-refractivity contribution in [3.63, 3.8) is 0 Å².